The molecule has 2 aromatic rings. The van der Waals surface area contributed by atoms with Crippen LogP contribution in [0.3, 0.4) is 0 Å². The van der Waals surface area contributed by atoms with Crippen LogP contribution in [0.15, 0.2) is 53.4 Å². The van der Waals surface area contributed by atoms with Crippen LogP contribution in [0.5, 0.6) is 0 Å². The third-order valence-corrected chi connectivity index (χ3v) is 6.78. The monoisotopic (exact) mass is 376 g/mol. The van der Waals surface area contributed by atoms with Gasteiger partial charge in [0.1, 0.15) is 5.82 Å². The van der Waals surface area contributed by atoms with Gasteiger partial charge in [0.05, 0.1) is 16.7 Å². The van der Waals surface area contributed by atoms with Crippen LogP contribution in [0.25, 0.3) is 0 Å². The van der Waals surface area contributed by atoms with E-state index >= 15 is 0 Å². The third-order valence-electron chi connectivity index (χ3n) is 4.50. The average Bonchev–Trinajstić information content (AvgIpc) is 3.18. The Balaban J connectivity index is 1.55. The number of sulfone groups is 1. The highest BCUT2D eigenvalue weighted by atomic mass is 32.2. The number of rotatable bonds is 6. The van der Waals surface area contributed by atoms with E-state index in [9.17, 15) is 17.6 Å². The summed E-state index contributed by atoms with van der Waals surface area (Å²) in [4.78, 5) is 12.2. The van der Waals surface area contributed by atoms with E-state index in [1.165, 1.54) is 24.3 Å². The van der Waals surface area contributed by atoms with Crippen molar-refractivity contribution in [3.63, 3.8) is 0 Å². The topological polar surface area (TPSA) is 75.3 Å². The van der Waals surface area contributed by atoms with Crippen molar-refractivity contribution in [2.24, 2.45) is 0 Å². The van der Waals surface area contributed by atoms with Gasteiger partial charge in [-0.25, -0.2) is 12.8 Å². The van der Waals surface area contributed by atoms with Crippen LogP contribution < -0.4 is 10.6 Å². The zero-order chi connectivity index (χ0) is 18.6. The number of carbonyl (C=O) groups is 1. The van der Waals surface area contributed by atoms with Crippen LogP contribution >= 0.6 is 0 Å². The first kappa shape index (κ1) is 18.4. The molecule has 0 bridgehead atoms. The molecular formula is C19H21FN2O3S. The van der Waals surface area contributed by atoms with Gasteiger partial charge < -0.3 is 10.6 Å². The summed E-state index contributed by atoms with van der Waals surface area (Å²) in [6.45, 7) is 0.0199. The number of hydrogen-bond donors (Lipinski definition) is 2. The predicted octanol–water partition coefficient (Wildman–Crippen LogP) is 3.59. The Morgan fingerprint density at radius 2 is 1.54 bits per heavy atom. The number of nitrogens with one attached hydrogen (secondary N) is 2. The molecule has 1 aliphatic rings. The summed E-state index contributed by atoms with van der Waals surface area (Å²) in [5.74, 6) is -0.645. The molecule has 2 aromatic carbocycles. The zero-order valence-electron chi connectivity index (χ0n) is 14.2. The largest absolute Gasteiger partial charge is 0.376 e. The summed E-state index contributed by atoms with van der Waals surface area (Å²) in [5, 5.41) is 5.32. The number of anilines is 2. The molecular weight excluding hydrogens is 355 g/mol. The second-order valence-electron chi connectivity index (χ2n) is 6.38. The summed E-state index contributed by atoms with van der Waals surface area (Å²) >= 11 is 0. The summed E-state index contributed by atoms with van der Waals surface area (Å²) < 4.78 is 37.9. The second kappa shape index (κ2) is 7.86. The van der Waals surface area contributed by atoms with Crippen molar-refractivity contribution in [1.82, 2.24) is 0 Å². The van der Waals surface area contributed by atoms with Crippen LogP contribution in [0, 0.1) is 5.82 Å². The van der Waals surface area contributed by atoms with Crippen molar-refractivity contribution in [2.75, 3.05) is 17.2 Å². The van der Waals surface area contributed by atoms with Crippen molar-refractivity contribution >= 4 is 27.1 Å². The minimum atomic E-state index is -3.27. The Bertz CT molecular complexity index is 859. The van der Waals surface area contributed by atoms with Crippen LogP contribution in [-0.4, -0.2) is 26.1 Å². The minimum Gasteiger partial charge on any atom is -0.376 e. The average molecular weight is 376 g/mol. The van der Waals surface area contributed by atoms with Crippen molar-refractivity contribution < 1.29 is 17.6 Å². The van der Waals surface area contributed by atoms with Crippen LogP contribution in [0.1, 0.15) is 25.7 Å². The Labute approximate surface area is 152 Å². The first-order valence-corrected chi connectivity index (χ1v) is 10.1. The van der Waals surface area contributed by atoms with E-state index in [0.29, 0.717) is 16.3 Å². The number of benzene rings is 2. The standard InChI is InChI=1S/C19H21FN2O3S/c20-14-5-7-16(8-6-14)22-19(23)13-21-15-9-11-18(12-10-15)26(24,25)17-3-1-2-4-17/h5-12,17,21H,1-4,13H2,(H,22,23). The van der Waals surface area contributed by atoms with Gasteiger partial charge >= 0.3 is 0 Å². The molecule has 0 unspecified atom stereocenters. The molecule has 3 rings (SSSR count). The lowest BCUT2D eigenvalue weighted by Crippen LogP contribution is -2.22. The van der Waals surface area contributed by atoms with E-state index in [4.69, 9.17) is 0 Å². The van der Waals surface area contributed by atoms with Gasteiger partial charge in [0.25, 0.3) is 0 Å². The van der Waals surface area contributed by atoms with Gasteiger partial charge in [0.2, 0.25) is 5.91 Å². The van der Waals surface area contributed by atoms with Gasteiger partial charge in [0, 0.05) is 11.4 Å². The molecule has 26 heavy (non-hydrogen) atoms. The first-order chi connectivity index (χ1) is 12.4. The quantitative estimate of drug-likeness (QED) is 0.808. The molecule has 0 aromatic heterocycles. The fourth-order valence-electron chi connectivity index (χ4n) is 3.07. The minimum absolute atomic E-state index is 0.0199. The Morgan fingerprint density at radius 3 is 2.15 bits per heavy atom. The summed E-state index contributed by atoms with van der Waals surface area (Å²) in [6, 6.07) is 12.0. The molecule has 1 amide bonds. The number of hydrogen-bond acceptors (Lipinski definition) is 4. The SMILES string of the molecule is O=C(CNc1ccc(S(=O)(=O)C2CCCC2)cc1)Nc1ccc(F)cc1. The highest BCUT2D eigenvalue weighted by Crippen LogP contribution is 2.30. The van der Waals surface area contributed by atoms with Gasteiger partial charge in [-0.2, -0.15) is 0 Å². The number of halogens is 1. The van der Waals surface area contributed by atoms with E-state index in [1.807, 2.05) is 0 Å². The fraction of sp³-hybridized carbons (Fsp3) is 0.316. The lowest BCUT2D eigenvalue weighted by molar-refractivity contribution is -0.114. The molecule has 0 spiro atoms. The molecule has 5 nitrogen and oxygen atoms in total. The summed E-state index contributed by atoms with van der Waals surface area (Å²) in [5.41, 5.74) is 1.17. The van der Waals surface area contributed by atoms with Gasteiger partial charge in [-0.15, -0.1) is 0 Å². The smallest absolute Gasteiger partial charge is 0.243 e. The molecule has 1 aliphatic carbocycles. The Kier molecular flexibility index (Phi) is 5.56. The highest BCUT2D eigenvalue weighted by Gasteiger charge is 2.30. The molecule has 0 heterocycles. The molecule has 0 saturated heterocycles. The van der Waals surface area contributed by atoms with Crippen LogP contribution in [0.2, 0.25) is 0 Å². The zero-order valence-corrected chi connectivity index (χ0v) is 15.1. The Hall–Kier alpha value is -2.41. The lowest BCUT2D eigenvalue weighted by Gasteiger charge is -2.12. The summed E-state index contributed by atoms with van der Waals surface area (Å²) in [6.07, 6.45) is 3.39. The van der Waals surface area contributed by atoms with E-state index < -0.39 is 9.84 Å². The maximum Gasteiger partial charge on any atom is 0.243 e. The second-order valence-corrected chi connectivity index (χ2v) is 8.61. The number of carbonyl (C=O) groups excluding carboxylic acids is 1. The fourth-order valence-corrected chi connectivity index (χ4v) is 4.93. The van der Waals surface area contributed by atoms with E-state index in [0.717, 1.165) is 25.7 Å². The Morgan fingerprint density at radius 1 is 0.962 bits per heavy atom. The van der Waals surface area contributed by atoms with Crippen LogP contribution in [-0.2, 0) is 14.6 Å². The van der Waals surface area contributed by atoms with E-state index in [-0.39, 0.29) is 23.5 Å². The van der Waals surface area contributed by atoms with Gasteiger partial charge in [-0.1, -0.05) is 12.8 Å². The molecule has 0 radical (unpaired) electrons. The van der Waals surface area contributed by atoms with Crippen molar-refractivity contribution in [2.45, 2.75) is 35.8 Å². The maximum atomic E-state index is 12.8. The van der Waals surface area contributed by atoms with Gasteiger partial charge in [0.15, 0.2) is 9.84 Å². The van der Waals surface area contributed by atoms with E-state index in [2.05, 4.69) is 10.6 Å². The molecule has 7 heteroatoms. The molecule has 1 fully saturated rings. The normalized spacial score (nSPS) is 15.0. The lowest BCUT2D eigenvalue weighted by atomic mass is 10.3. The third kappa shape index (κ3) is 4.40. The molecule has 1 saturated carbocycles. The predicted molar refractivity (Wildman–Crippen MR) is 99.4 cm³/mol. The highest BCUT2D eigenvalue weighted by molar-refractivity contribution is 7.92. The maximum absolute atomic E-state index is 12.8. The first-order valence-electron chi connectivity index (χ1n) is 8.58. The van der Waals surface area contributed by atoms with Gasteiger partial charge in [-0.05, 0) is 61.4 Å². The molecule has 2 N–H and O–H groups in total. The van der Waals surface area contributed by atoms with Crippen molar-refractivity contribution in [3.05, 3.63) is 54.3 Å². The molecule has 0 aliphatic heterocycles. The van der Waals surface area contributed by atoms with Crippen molar-refractivity contribution in [1.29, 1.82) is 0 Å². The molecule has 0 atom stereocenters. The number of amides is 1. The van der Waals surface area contributed by atoms with Gasteiger partial charge in [-0.3, -0.25) is 4.79 Å². The molecule has 138 valence electrons. The summed E-state index contributed by atoms with van der Waals surface area (Å²) in [7, 11) is -3.27. The van der Waals surface area contributed by atoms with E-state index in [1.54, 1.807) is 24.3 Å². The van der Waals surface area contributed by atoms with Crippen LogP contribution in [0.4, 0.5) is 15.8 Å². The van der Waals surface area contributed by atoms with Crippen molar-refractivity contribution in [3.8, 4) is 0 Å².